The number of hydrogen-bond acceptors (Lipinski definition) is 4. The van der Waals surface area contributed by atoms with Gasteiger partial charge >= 0.3 is 0 Å². The molecule has 25 heavy (non-hydrogen) atoms. The molecule has 1 aromatic heterocycles. The summed E-state index contributed by atoms with van der Waals surface area (Å²) in [6.07, 6.45) is 5.73. The molecule has 1 N–H and O–H groups in total. The molecule has 1 aromatic carbocycles. The second-order valence-corrected chi connectivity index (χ2v) is 7.19. The molecule has 0 aliphatic carbocycles. The minimum atomic E-state index is 0.0103. The molecule has 3 rings (SSSR count). The highest BCUT2D eigenvalue weighted by Gasteiger charge is 2.25. The Labute approximate surface area is 149 Å². The van der Waals surface area contributed by atoms with Gasteiger partial charge in [0.1, 0.15) is 12.7 Å². The van der Waals surface area contributed by atoms with Crippen LogP contribution in [0.4, 0.5) is 0 Å². The first-order valence-corrected chi connectivity index (χ1v) is 9.05. The summed E-state index contributed by atoms with van der Waals surface area (Å²) in [7, 11) is 0. The fourth-order valence-corrected chi connectivity index (χ4v) is 3.30. The smallest absolute Gasteiger partial charge is 0.251 e. The molecule has 6 nitrogen and oxygen atoms in total. The van der Waals surface area contributed by atoms with Crippen molar-refractivity contribution in [3.63, 3.8) is 0 Å². The Kier molecular flexibility index (Phi) is 5.81. The van der Waals surface area contributed by atoms with E-state index >= 15 is 0 Å². The Balaban J connectivity index is 1.62. The van der Waals surface area contributed by atoms with Gasteiger partial charge in [0.25, 0.3) is 5.91 Å². The Morgan fingerprint density at radius 3 is 3.04 bits per heavy atom. The van der Waals surface area contributed by atoms with Crippen LogP contribution in [0.15, 0.2) is 36.9 Å². The average Bonchev–Trinajstić information content (AvgIpc) is 3.26. The number of hydrogen-bond donors (Lipinski definition) is 1. The molecular weight excluding hydrogens is 314 g/mol. The summed E-state index contributed by atoms with van der Waals surface area (Å²) in [5, 5.41) is 7.21. The third kappa shape index (κ3) is 4.89. The van der Waals surface area contributed by atoms with Gasteiger partial charge in [0.15, 0.2) is 0 Å². The topological polar surface area (TPSA) is 63.1 Å². The van der Waals surface area contributed by atoms with E-state index in [2.05, 4.69) is 40.2 Å². The minimum Gasteiger partial charge on any atom is -0.352 e. The Morgan fingerprint density at radius 1 is 1.40 bits per heavy atom. The summed E-state index contributed by atoms with van der Waals surface area (Å²) in [6.45, 7) is 7.72. The molecule has 1 fully saturated rings. The molecule has 134 valence electrons. The summed E-state index contributed by atoms with van der Waals surface area (Å²) in [4.78, 5) is 18.8. The molecule has 1 aliphatic heterocycles. The van der Waals surface area contributed by atoms with Gasteiger partial charge in [-0.2, -0.15) is 5.10 Å². The highest BCUT2D eigenvalue weighted by atomic mass is 16.1. The van der Waals surface area contributed by atoms with Gasteiger partial charge in [-0.1, -0.05) is 26.0 Å². The average molecular weight is 341 g/mol. The Hall–Kier alpha value is -2.21. The van der Waals surface area contributed by atoms with E-state index in [-0.39, 0.29) is 5.91 Å². The van der Waals surface area contributed by atoms with Crippen LogP contribution < -0.4 is 5.32 Å². The zero-order valence-electron chi connectivity index (χ0n) is 15.1. The molecule has 1 atom stereocenters. The van der Waals surface area contributed by atoms with E-state index in [1.807, 2.05) is 22.9 Å². The van der Waals surface area contributed by atoms with Crippen LogP contribution in [-0.2, 0) is 13.1 Å². The van der Waals surface area contributed by atoms with Crippen molar-refractivity contribution in [3.05, 3.63) is 48.0 Å². The van der Waals surface area contributed by atoms with Crippen molar-refractivity contribution in [3.8, 4) is 0 Å². The zero-order valence-corrected chi connectivity index (χ0v) is 15.1. The highest BCUT2D eigenvalue weighted by molar-refractivity contribution is 5.94. The van der Waals surface area contributed by atoms with E-state index in [4.69, 9.17) is 0 Å². The van der Waals surface area contributed by atoms with Gasteiger partial charge in [-0.3, -0.25) is 14.4 Å². The summed E-state index contributed by atoms with van der Waals surface area (Å²) >= 11 is 0. The van der Waals surface area contributed by atoms with Crippen molar-refractivity contribution >= 4 is 5.91 Å². The number of likely N-dealkylation sites (tertiary alicyclic amines) is 1. The van der Waals surface area contributed by atoms with Crippen molar-refractivity contribution in [2.75, 3.05) is 13.1 Å². The van der Waals surface area contributed by atoms with Gasteiger partial charge < -0.3 is 5.32 Å². The van der Waals surface area contributed by atoms with Crippen LogP contribution in [-0.4, -0.2) is 44.7 Å². The van der Waals surface area contributed by atoms with Crippen LogP contribution in [0.1, 0.15) is 42.6 Å². The molecule has 1 amide bonds. The highest BCUT2D eigenvalue weighted by Crippen LogP contribution is 2.21. The lowest BCUT2D eigenvalue weighted by Gasteiger charge is -2.24. The molecule has 1 unspecified atom stereocenters. The molecule has 0 bridgehead atoms. The van der Waals surface area contributed by atoms with Gasteiger partial charge in [-0.05, 0) is 43.0 Å². The number of nitrogens with one attached hydrogen (secondary N) is 1. The van der Waals surface area contributed by atoms with Gasteiger partial charge in [0.2, 0.25) is 0 Å². The Bertz CT molecular complexity index is 683. The molecule has 1 saturated heterocycles. The fourth-order valence-electron chi connectivity index (χ4n) is 3.30. The van der Waals surface area contributed by atoms with E-state index in [1.54, 1.807) is 12.7 Å². The van der Waals surface area contributed by atoms with Gasteiger partial charge in [-0.15, -0.1) is 0 Å². The van der Waals surface area contributed by atoms with Crippen molar-refractivity contribution in [1.29, 1.82) is 0 Å². The maximum absolute atomic E-state index is 12.3. The predicted octanol–water partition coefficient (Wildman–Crippen LogP) is 2.33. The lowest BCUT2D eigenvalue weighted by molar-refractivity contribution is 0.0949. The van der Waals surface area contributed by atoms with Crippen LogP contribution in [0.3, 0.4) is 0 Å². The third-order valence-electron chi connectivity index (χ3n) is 4.61. The lowest BCUT2D eigenvalue weighted by atomic mass is 10.1. The van der Waals surface area contributed by atoms with Gasteiger partial charge in [0, 0.05) is 24.7 Å². The van der Waals surface area contributed by atoms with E-state index in [0.717, 1.165) is 25.2 Å². The summed E-state index contributed by atoms with van der Waals surface area (Å²) < 4.78 is 1.90. The minimum absolute atomic E-state index is 0.0103. The van der Waals surface area contributed by atoms with E-state index in [9.17, 15) is 4.79 Å². The first-order valence-electron chi connectivity index (χ1n) is 9.05. The number of rotatable bonds is 7. The number of carbonyl (C=O) groups excluding carboxylic acids is 1. The SMILES string of the molecule is CC(C)CNC(=O)c1cccc(CN2CCCC2Cn2cncn2)c1. The van der Waals surface area contributed by atoms with Crippen molar-refractivity contribution in [1.82, 2.24) is 25.0 Å². The second kappa shape index (κ2) is 8.25. The molecule has 2 heterocycles. The number of amides is 1. The molecular formula is C19H27N5O. The van der Waals surface area contributed by atoms with Crippen molar-refractivity contribution < 1.29 is 4.79 Å². The first kappa shape index (κ1) is 17.6. The normalized spacial score (nSPS) is 18.0. The fraction of sp³-hybridized carbons (Fsp3) is 0.526. The molecule has 0 radical (unpaired) electrons. The largest absolute Gasteiger partial charge is 0.352 e. The van der Waals surface area contributed by atoms with Crippen LogP contribution in [0, 0.1) is 5.92 Å². The van der Waals surface area contributed by atoms with E-state index in [0.29, 0.717) is 18.5 Å². The number of nitrogens with zero attached hydrogens (tertiary/aromatic N) is 4. The second-order valence-electron chi connectivity index (χ2n) is 7.19. The quantitative estimate of drug-likeness (QED) is 0.839. The summed E-state index contributed by atoms with van der Waals surface area (Å²) in [6, 6.07) is 8.45. The van der Waals surface area contributed by atoms with Crippen LogP contribution in [0.25, 0.3) is 0 Å². The molecule has 6 heteroatoms. The third-order valence-corrected chi connectivity index (χ3v) is 4.61. The van der Waals surface area contributed by atoms with Crippen LogP contribution in [0.5, 0.6) is 0 Å². The monoisotopic (exact) mass is 341 g/mol. The summed E-state index contributed by atoms with van der Waals surface area (Å²) in [5.74, 6) is 0.463. The molecule has 0 saturated carbocycles. The van der Waals surface area contributed by atoms with Crippen molar-refractivity contribution in [2.24, 2.45) is 5.92 Å². The van der Waals surface area contributed by atoms with Crippen molar-refractivity contribution in [2.45, 2.75) is 45.8 Å². The molecule has 2 aromatic rings. The number of aromatic nitrogens is 3. The zero-order chi connectivity index (χ0) is 17.6. The first-order chi connectivity index (χ1) is 12.1. The maximum atomic E-state index is 12.3. The Morgan fingerprint density at radius 2 is 2.28 bits per heavy atom. The van der Waals surface area contributed by atoms with Gasteiger partial charge in [-0.25, -0.2) is 4.98 Å². The lowest BCUT2D eigenvalue weighted by Crippen LogP contribution is -2.33. The van der Waals surface area contributed by atoms with Crippen LogP contribution >= 0.6 is 0 Å². The number of benzene rings is 1. The van der Waals surface area contributed by atoms with E-state index in [1.165, 1.54) is 18.4 Å². The van der Waals surface area contributed by atoms with Crippen LogP contribution in [0.2, 0.25) is 0 Å². The predicted molar refractivity (Wildman–Crippen MR) is 97.1 cm³/mol. The molecule has 0 spiro atoms. The molecule has 1 aliphatic rings. The maximum Gasteiger partial charge on any atom is 0.251 e. The summed E-state index contributed by atoms with van der Waals surface area (Å²) in [5.41, 5.74) is 1.92. The van der Waals surface area contributed by atoms with Gasteiger partial charge in [0.05, 0.1) is 6.54 Å². The number of carbonyl (C=O) groups is 1. The standard InChI is InChI=1S/C19H27N5O/c1-15(2)10-21-19(25)17-6-3-5-16(9-17)11-23-8-4-7-18(23)12-24-14-20-13-22-24/h3,5-6,9,13-15,18H,4,7-8,10-12H2,1-2H3,(H,21,25). The van der Waals surface area contributed by atoms with E-state index < -0.39 is 0 Å².